The van der Waals surface area contributed by atoms with Gasteiger partial charge in [-0.2, -0.15) is 26.3 Å². The zero-order chi connectivity index (χ0) is 21.2. The standard InChI is InChI=1S/C18H11F6N3OS/c19-17(20,21)10-5-11(18(22,23)24)7-12(6-10)26-15(28)8-13-9-29-16(27-13)14-3-1-2-4-25-14/h1-7,9H,8H2,(H,26,28). The number of nitrogens with one attached hydrogen (secondary N) is 1. The predicted molar refractivity (Wildman–Crippen MR) is 94.1 cm³/mol. The molecule has 0 bridgehead atoms. The number of benzene rings is 1. The van der Waals surface area contributed by atoms with Gasteiger partial charge in [-0.05, 0) is 30.3 Å². The molecule has 11 heteroatoms. The van der Waals surface area contributed by atoms with Gasteiger partial charge in [0.05, 0.1) is 28.9 Å². The Hall–Kier alpha value is -2.95. The Kier molecular flexibility index (Phi) is 5.60. The summed E-state index contributed by atoms with van der Waals surface area (Å²) in [5, 5.41) is 4.17. The van der Waals surface area contributed by atoms with Gasteiger partial charge in [-0.3, -0.25) is 9.78 Å². The van der Waals surface area contributed by atoms with Crippen LogP contribution in [0.2, 0.25) is 0 Å². The molecule has 0 aliphatic heterocycles. The number of amides is 1. The Morgan fingerprint density at radius 2 is 1.66 bits per heavy atom. The minimum Gasteiger partial charge on any atom is -0.326 e. The molecular weight excluding hydrogens is 420 g/mol. The topological polar surface area (TPSA) is 54.9 Å². The maximum absolute atomic E-state index is 12.9. The molecule has 0 saturated heterocycles. The van der Waals surface area contributed by atoms with Crippen LogP contribution in [0.5, 0.6) is 0 Å². The smallest absolute Gasteiger partial charge is 0.326 e. The molecule has 1 aromatic carbocycles. The second-order valence-electron chi connectivity index (χ2n) is 5.88. The van der Waals surface area contributed by atoms with Gasteiger partial charge in [0.2, 0.25) is 5.91 Å². The molecule has 0 unspecified atom stereocenters. The van der Waals surface area contributed by atoms with E-state index in [1.54, 1.807) is 29.8 Å². The third-order valence-electron chi connectivity index (χ3n) is 3.65. The van der Waals surface area contributed by atoms with Crippen LogP contribution in [0.1, 0.15) is 16.8 Å². The van der Waals surface area contributed by atoms with Gasteiger partial charge in [0, 0.05) is 17.3 Å². The summed E-state index contributed by atoms with van der Waals surface area (Å²) in [7, 11) is 0. The number of carbonyl (C=O) groups excluding carboxylic acids is 1. The van der Waals surface area contributed by atoms with Crippen molar-refractivity contribution in [1.29, 1.82) is 0 Å². The molecule has 0 spiro atoms. The fourth-order valence-electron chi connectivity index (χ4n) is 2.39. The lowest BCUT2D eigenvalue weighted by Gasteiger charge is -2.14. The number of aromatic nitrogens is 2. The van der Waals surface area contributed by atoms with E-state index in [4.69, 9.17) is 0 Å². The van der Waals surface area contributed by atoms with Crippen molar-refractivity contribution < 1.29 is 31.1 Å². The highest BCUT2D eigenvalue weighted by Gasteiger charge is 2.37. The van der Waals surface area contributed by atoms with Crippen molar-refractivity contribution in [3.8, 4) is 10.7 Å². The first-order valence-corrected chi connectivity index (χ1v) is 8.85. The van der Waals surface area contributed by atoms with Gasteiger partial charge >= 0.3 is 12.4 Å². The van der Waals surface area contributed by atoms with E-state index in [9.17, 15) is 31.1 Å². The lowest BCUT2D eigenvalue weighted by Crippen LogP contribution is -2.17. The van der Waals surface area contributed by atoms with Crippen molar-refractivity contribution in [3.05, 3.63) is 64.8 Å². The van der Waals surface area contributed by atoms with E-state index in [0.29, 0.717) is 28.5 Å². The number of alkyl halides is 6. The first kappa shape index (κ1) is 20.8. The number of halogens is 6. The van der Waals surface area contributed by atoms with Crippen molar-refractivity contribution >= 4 is 22.9 Å². The molecule has 3 rings (SSSR count). The highest BCUT2D eigenvalue weighted by Crippen LogP contribution is 2.37. The molecule has 152 valence electrons. The first-order chi connectivity index (χ1) is 13.5. The molecule has 4 nitrogen and oxygen atoms in total. The fraction of sp³-hybridized carbons (Fsp3) is 0.167. The summed E-state index contributed by atoms with van der Waals surface area (Å²) in [6.45, 7) is 0. The molecule has 3 aromatic rings. The predicted octanol–water partition coefficient (Wildman–Crippen LogP) is 5.42. The number of hydrogen-bond donors (Lipinski definition) is 1. The number of pyridine rings is 1. The number of rotatable bonds is 4. The van der Waals surface area contributed by atoms with E-state index in [1.165, 1.54) is 11.3 Å². The Bertz CT molecular complexity index is 982. The molecule has 0 aliphatic rings. The van der Waals surface area contributed by atoms with E-state index in [-0.39, 0.29) is 12.5 Å². The summed E-state index contributed by atoms with van der Waals surface area (Å²) in [4.78, 5) is 20.4. The van der Waals surface area contributed by atoms with E-state index in [2.05, 4.69) is 15.3 Å². The molecule has 29 heavy (non-hydrogen) atoms. The second kappa shape index (κ2) is 7.82. The van der Waals surface area contributed by atoms with Gasteiger partial charge in [0.1, 0.15) is 5.01 Å². The summed E-state index contributed by atoms with van der Waals surface area (Å²) < 4.78 is 77.3. The maximum atomic E-state index is 12.9. The highest BCUT2D eigenvalue weighted by molar-refractivity contribution is 7.13. The third-order valence-corrected chi connectivity index (χ3v) is 4.56. The van der Waals surface area contributed by atoms with Crippen molar-refractivity contribution in [2.45, 2.75) is 18.8 Å². The minimum absolute atomic E-state index is 0.00474. The molecule has 2 aromatic heterocycles. The average molecular weight is 431 g/mol. The summed E-state index contributed by atoms with van der Waals surface area (Å²) in [6.07, 6.45) is -8.74. The first-order valence-electron chi connectivity index (χ1n) is 7.97. The largest absolute Gasteiger partial charge is 0.416 e. The summed E-state index contributed by atoms with van der Waals surface area (Å²) in [6, 6.07) is 6.08. The van der Waals surface area contributed by atoms with Crippen LogP contribution < -0.4 is 5.32 Å². The number of anilines is 1. The van der Waals surface area contributed by atoms with E-state index < -0.39 is 35.1 Å². The fourth-order valence-corrected chi connectivity index (χ4v) is 3.19. The summed E-state index contributed by atoms with van der Waals surface area (Å²) in [5.41, 5.74) is -2.71. The van der Waals surface area contributed by atoms with Crippen LogP contribution in [0.25, 0.3) is 10.7 Å². The zero-order valence-corrected chi connectivity index (χ0v) is 15.1. The van der Waals surface area contributed by atoms with E-state index in [1.807, 2.05) is 0 Å². The van der Waals surface area contributed by atoms with Crippen molar-refractivity contribution in [3.63, 3.8) is 0 Å². The third kappa shape index (κ3) is 5.31. The van der Waals surface area contributed by atoms with Crippen LogP contribution in [0.4, 0.5) is 32.0 Å². The number of nitrogens with zero attached hydrogens (tertiary/aromatic N) is 2. The SMILES string of the molecule is O=C(Cc1csc(-c2ccccn2)n1)Nc1cc(C(F)(F)F)cc(C(F)(F)F)c1. The average Bonchev–Trinajstić information content (AvgIpc) is 3.09. The van der Waals surface area contributed by atoms with Gasteiger partial charge in [0.15, 0.2) is 0 Å². The summed E-state index contributed by atoms with van der Waals surface area (Å²) in [5.74, 6) is -0.796. The number of thiazole rings is 1. The number of carbonyl (C=O) groups is 1. The van der Waals surface area contributed by atoms with Crippen LogP contribution in [0.3, 0.4) is 0 Å². The molecule has 1 amide bonds. The quantitative estimate of drug-likeness (QED) is 0.561. The zero-order valence-electron chi connectivity index (χ0n) is 14.3. The Morgan fingerprint density at radius 3 is 2.21 bits per heavy atom. The van der Waals surface area contributed by atoms with Gasteiger partial charge < -0.3 is 5.32 Å². The number of hydrogen-bond acceptors (Lipinski definition) is 4. The van der Waals surface area contributed by atoms with Gasteiger partial charge in [-0.15, -0.1) is 11.3 Å². The van der Waals surface area contributed by atoms with Crippen LogP contribution in [0.15, 0.2) is 48.0 Å². The lowest BCUT2D eigenvalue weighted by atomic mass is 10.1. The minimum atomic E-state index is -4.99. The molecule has 1 N–H and O–H groups in total. The normalized spacial score (nSPS) is 12.1. The highest BCUT2D eigenvalue weighted by atomic mass is 32.1. The van der Waals surface area contributed by atoms with Crippen molar-refractivity contribution in [1.82, 2.24) is 9.97 Å². The Morgan fingerprint density at radius 1 is 1.00 bits per heavy atom. The van der Waals surface area contributed by atoms with Gasteiger partial charge in [-0.25, -0.2) is 4.98 Å². The van der Waals surface area contributed by atoms with Crippen molar-refractivity contribution in [2.24, 2.45) is 0 Å². The van der Waals surface area contributed by atoms with Crippen LogP contribution in [-0.4, -0.2) is 15.9 Å². The molecule has 0 atom stereocenters. The lowest BCUT2D eigenvalue weighted by molar-refractivity contribution is -0.143. The maximum Gasteiger partial charge on any atom is 0.416 e. The molecular formula is C18H11F6N3OS. The van der Waals surface area contributed by atoms with Gasteiger partial charge in [-0.1, -0.05) is 6.07 Å². The molecule has 0 fully saturated rings. The monoisotopic (exact) mass is 431 g/mol. The van der Waals surface area contributed by atoms with Crippen LogP contribution in [0, 0.1) is 0 Å². The second-order valence-corrected chi connectivity index (χ2v) is 6.74. The van der Waals surface area contributed by atoms with Crippen LogP contribution >= 0.6 is 11.3 Å². The van der Waals surface area contributed by atoms with E-state index >= 15 is 0 Å². The van der Waals surface area contributed by atoms with Crippen LogP contribution in [-0.2, 0) is 23.6 Å². The van der Waals surface area contributed by atoms with E-state index in [0.717, 1.165) is 0 Å². The molecule has 0 aliphatic carbocycles. The molecule has 0 saturated carbocycles. The Labute approximate surface area is 164 Å². The molecule has 0 radical (unpaired) electrons. The van der Waals surface area contributed by atoms with Crippen molar-refractivity contribution in [2.75, 3.05) is 5.32 Å². The summed E-state index contributed by atoms with van der Waals surface area (Å²) >= 11 is 1.21. The van der Waals surface area contributed by atoms with Gasteiger partial charge in [0.25, 0.3) is 0 Å². The Balaban J connectivity index is 1.78. The molecule has 2 heterocycles.